The summed E-state index contributed by atoms with van der Waals surface area (Å²) in [7, 11) is 0. The van der Waals surface area contributed by atoms with Gasteiger partial charge in [-0.15, -0.1) is 0 Å². The minimum atomic E-state index is 0.506. The van der Waals surface area contributed by atoms with Gasteiger partial charge in [0.05, 0.1) is 6.54 Å². The second-order valence-electron chi connectivity index (χ2n) is 4.50. The molecule has 5 nitrogen and oxygen atoms in total. The average Bonchev–Trinajstić information content (AvgIpc) is 2.73. The van der Waals surface area contributed by atoms with E-state index in [0.29, 0.717) is 30.2 Å². The van der Waals surface area contributed by atoms with Gasteiger partial charge in [-0.2, -0.15) is 4.98 Å². The number of nitrogens with one attached hydrogen (secondary N) is 1. The topological polar surface area (TPSA) is 77.0 Å². The molecule has 90 valence electrons. The maximum absolute atomic E-state index is 5.78. The molecule has 0 amide bonds. The molecule has 16 heavy (non-hydrogen) atoms. The Hall–Kier alpha value is -0.940. The summed E-state index contributed by atoms with van der Waals surface area (Å²) in [4.78, 5) is 4.17. The van der Waals surface area contributed by atoms with E-state index >= 15 is 0 Å². The molecule has 0 saturated heterocycles. The van der Waals surface area contributed by atoms with Crippen LogP contribution in [0.1, 0.15) is 37.4 Å². The zero-order chi connectivity index (χ0) is 11.4. The third-order valence-electron chi connectivity index (χ3n) is 3.30. The monoisotopic (exact) mass is 224 g/mol. The van der Waals surface area contributed by atoms with Gasteiger partial charge >= 0.3 is 0 Å². The maximum atomic E-state index is 5.78. The molecule has 2 rings (SSSR count). The lowest BCUT2D eigenvalue weighted by Crippen LogP contribution is -2.41. The number of rotatable bonds is 4. The van der Waals surface area contributed by atoms with E-state index in [1.165, 1.54) is 25.7 Å². The highest BCUT2D eigenvalue weighted by Crippen LogP contribution is 2.23. The van der Waals surface area contributed by atoms with Crippen LogP contribution in [-0.4, -0.2) is 22.7 Å². The SMILES string of the molecule is Cc1noc(CNC2CCCCC2CN)n1. The van der Waals surface area contributed by atoms with Gasteiger partial charge in [-0.25, -0.2) is 0 Å². The fraction of sp³-hybridized carbons (Fsp3) is 0.818. The highest BCUT2D eigenvalue weighted by molar-refractivity contribution is 4.86. The van der Waals surface area contributed by atoms with Crippen molar-refractivity contribution in [3.05, 3.63) is 11.7 Å². The molecule has 0 spiro atoms. The molecule has 5 heteroatoms. The summed E-state index contributed by atoms with van der Waals surface area (Å²) < 4.78 is 5.07. The molecular weight excluding hydrogens is 204 g/mol. The van der Waals surface area contributed by atoms with Crippen LogP contribution in [0.15, 0.2) is 4.52 Å². The molecule has 0 bridgehead atoms. The van der Waals surface area contributed by atoms with E-state index in [4.69, 9.17) is 10.3 Å². The molecule has 1 aromatic heterocycles. The van der Waals surface area contributed by atoms with Crippen molar-refractivity contribution in [2.45, 2.75) is 45.2 Å². The Morgan fingerprint density at radius 3 is 2.94 bits per heavy atom. The summed E-state index contributed by atoms with van der Waals surface area (Å²) in [5.41, 5.74) is 5.78. The van der Waals surface area contributed by atoms with Crippen LogP contribution in [0.5, 0.6) is 0 Å². The Morgan fingerprint density at radius 1 is 1.44 bits per heavy atom. The van der Waals surface area contributed by atoms with Crippen molar-refractivity contribution in [3.63, 3.8) is 0 Å². The van der Waals surface area contributed by atoms with Crippen molar-refractivity contribution in [2.24, 2.45) is 11.7 Å². The molecule has 0 radical (unpaired) electrons. The second-order valence-corrected chi connectivity index (χ2v) is 4.50. The maximum Gasteiger partial charge on any atom is 0.240 e. The van der Waals surface area contributed by atoms with Crippen LogP contribution in [0.2, 0.25) is 0 Å². The minimum absolute atomic E-state index is 0.506. The van der Waals surface area contributed by atoms with Gasteiger partial charge in [-0.05, 0) is 32.2 Å². The number of aryl methyl sites for hydroxylation is 1. The predicted molar refractivity (Wildman–Crippen MR) is 60.7 cm³/mol. The van der Waals surface area contributed by atoms with E-state index in [2.05, 4.69) is 15.5 Å². The Labute approximate surface area is 95.8 Å². The normalized spacial score (nSPS) is 25.9. The molecule has 3 N–H and O–H groups in total. The molecule has 1 aliphatic carbocycles. The van der Waals surface area contributed by atoms with E-state index in [-0.39, 0.29) is 0 Å². The van der Waals surface area contributed by atoms with Crippen LogP contribution >= 0.6 is 0 Å². The van der Waals surface area contributed by atoms with Crippen molar-refractivity contribution in [1.29, 1.82) is 0 Å². The smallest absolute Gasteiger partial charge is 0.240 e. The highest BCUT2D eigenvalue weighted by Gasteiger charge is 2.23. The van der Waals surface area contributed by atoms with E-state index in [1.807, 2.05) is 6.92 Å². The summed E-state index contributed by atoms with van der Waals surface area (Å²) in [6.45, 7) is 3.25. The Bertz CT molecular complexity index is 326. The molecule has 1 heterocycles. The van der Waals surface area contributed by atoms with Crippen LogP contribution in [0, 0.1) is 12.8 Å². The zero-order valence-corrected chi connectivity index (χ0v) is 9.78. The fourth-order valence-corrected chi connectivity index (χ4v) is 2.39. The largest absolute Gasteiger partial charge is 0.338 e. The van der Waals surface area contributed by atoms with Gasteiger partial charge in [0.25, 0.3) is 0 Å². The van der Waals surface area contributed by atoms with Crippen molar-refractivity contribution >= 4 is 0 Å². The van der Waals surface area contributed by atoms with Crippen molar-refractivity contribution in [2.75, 3.05) is 6.54 Å². The van der Waals surface area contributed by atoms with Gasteiger partial charge in [0, 0.05) is 6.04 Å². The van der Waals surface area contributed by atoms with Gasteiger partial charge in [0.2, 0.25) is 5.89 Å². The lowest BCUT2D eigenvalue weighted by Gasteiger charge is -2.31. The summed E-state index contributed by atoms with van der Waals surface area (Å²) in [5.74, 6) is 1.95. The van der Waals surface area contributed by atoms with Crippen LogP contribution < -0.4 is 11.1 Å². The van der Waals surface area contributed by atoms with Gasteiger partial charge in [0.15, 0.2) is 5.82 Å². The predicted octanol–water partition coefficient (Wildman–Crippen LogP) is 0.985. The lowest BCUT2D eigenvalue weighted by molar-refractivity contribution is 0.254. The van der Waals surface area contributed by atoms with Crippen molar-refractivity contribution in [1.82, 2.24) is 15.5 Å². The molecule has 2 atom stereocenters. The van der Waals surface area contributed by atoms with E-state index in [1.54, 1.807) is 0 Å². The van der Waals surface area contributed by atoms with Crippen LogP contribution in [0.3, 0.4) is 0 Å². The number of hydrogen-bond donors (Lipinski definition) is 2. The summed E-state index contributed by atoms with van der Waals surface area (Å²) in [6, 6.07) is 0.506. The molecular formula is C11H20N4O. The molecule has 1 aromatic rings. The van der Waals surface area contributed by atoms with Gasteiger partial charge in [-0.3, -0.25) is 0 Å². The van der Waals surface area contributed by atoms with Crippen molar-refractivity contribution in [3.8, 4) is 0 Å². The molecule has 0 aliphatic heterocycles. The molecule has 1 saturated carbocycles. The lowest BCUT2D eigenvalue weighted by atomic mass is 9.84. The molecule has 0 aromatic carbocycles. The van der Waals surface area contributed by atoms with Gasteiger partial charge in [-0.1, -0.05) is 18.0 Å². The Kier molecular flexibility index (Phi) is 3.90. The summed E-state index contributed by atoms with van der Waals surface area (Å²) in [6.07, 6.45) is 5.03. The van der Waals surface area contributed by atoms with Crippen LogP contribution in [0.4, 0.5) is 0 Å². The van der Waals surface area contributed by atoms with Crippen LogP contribution in [0.25, 0.3) is 0 Å². The molecule has 2 unspecified atom stereocenters. The number of nitrogens with zero attached hydrogens (tertiary/aromatic N) is 2. The third kappa shape index (κ3) is 2.80. The summed E-state index contributed by atoms with van der Waals surface area (Å²) in [5, 5.41) is 7.24. The van der Waals surface area contributed by atoms with Gasteiger partial charge < -0.3 is 15.6 Å². The Balaban J connectivity index is 1.84. The zero-order valence-electron chi connectivity index (χ0n) is 9.78. The quantitative estimate of drug-likeness (QED) is 0.797. The second kappa shape index (κ2) is 5.41. The van der Waals surface area contributed by atoms with E-state index in [9.17, 15) is 0 Å². The van der Waals surface area contributed by atoms with Crippen molar-refractivity contribution < 1.29 is 4.52 Å². The molecule has 1 aliphatic rings. The Morgan fingerprint density at radius 2 is 2.25 bits per heavy atom. The highest BCUT2D eigenvalue weighted by atomic mass is 16.5. The minimum Gasteiger partial charge on any atom is -0.338 e. The number of nitrogens with two attached hydrogens (primary N) is 1. The van der Waals surface area contributed by atoms with E-state index in [0.717, 1.165) is 6.54 Å². The number of aromatic nitrogens is 2. The third-order valence-corrected chi connectivity index (χ3v) is 3.30. The number of hydrogen-bond acceptors (Lipinski definition) is 5. The first-order chi connectivity index (χ1) is 7.79. The fourth-order valence-electron chi connectivity index (χ4n) is 2.39. The van der Waals surface area contributed by atoms with Crippen LogP contribution in [-0.2, 0) is 6.54 Å². The first-order valence-electron chi connectivity index (χ1n) is 6.02. The van der Waals surface area contributed by atoms with Gasteiger partial charge in [0.1, 0.15) is 0 Å². The first-order valence-corrected chi connectivity index (χ1v) is 6.02. The summed E-state index contributed by atoms with van der Waals surface area (Å²) >= 11 is 0. The van der Waals surface area contributed by atoms with E-state index < -0.39 is 0 Å². The average molecular weight is 224 g/mol. The molecule has 1 fully saturated rings. The first kappa shape index (κ1) is 11.5. The standard InChI is InChI=1S/C11H20N4O/c1-8-14-11(16-15-8)7-13-10-5-3-2-4-9(10)6-12/h9-10,13H,2-7,12H2,1H3.